The largest absolute Gasteiger partial charge is 0.490 e. The zero-order valence-electron chi connectivity index (χ0n) is 14.7. The molecule has 0 spiro atoms. The molecule has 1 aromatic heterocycles. The molecule has 0 bridgehead atoms. The fraction of sp³-hybridized carbons (Fsp3) is 0.471. The van der Waals surface area contributed by atoms with Gasteiger partial charge in [-0.25, -0.2) is 14.0 Å². The molecule has 0 unspecified atom stereocenters. The summed E-state index contributed by atoms with van der Waals surface area (Å²) in [5, 5.41) is 13.4. The van der Waals surface area contributed by atoms with E-state index in [2.05, 4.69) is 5.10 Å². The van der Waals surface area contributed by atoms with Crippen molar-refractivity contribution in [1.82, 2.24) is 14.3 Å². The Morgan fingerprint density at radius 1 is 1.40 bits per heavy atom. The lowest BCUT2D eigenvalue weighted by Gasteiger charge is -2.17. The zero-order valence-corrected chi connectivity index (χ0v) is 14.7. The third-order valence-corrected chi connectivity index (χ3v) is 3.92. The number of benzene rings is 1. The third-order valence-electron chi connectivity index (χ3n) is 3.92. The minimum atomic E-state index is -1.30. The van der Waals surface area contributed by atoms with Crippen LogP contribution in [0, 0.1) is 5.82 Å². The van der Waals surface area contributed by atoms with Gasteiger partial charge in [0.1, 0.15) is 28.6 Å². The van der Waals surface area contributed by atoms with E-state index in [1.54, 1.807) is 14.0 Å². The molecule has 2 rings (SSSR count). The van der Waals surface area contributed by atoms with Crippen LogP contribution < -0.4 is 10.4 Å². The van der Waals surface area contributed by atoms with E-state index < -0.39 is 17.5 Å². The summed E-state index contributed by atoms with van der Waals surface area (Å²) in [6, 6.07) is 2.08. The van der Waals surface area contributed by atoms with E-state index in [-0.39, 0.29) is 23.1 Å². The molecule has 0 saturated carbocycles. The van der Waals surface area contributed by atoms with E-state index in [1.807, 2.05) is 13.8 Å². The Bertz CT molecular complexity index is 841. The van der Waals surface area contributed by atoms with Crippen LogP contribution in [0.5, 0.6) is 5.75 Å². The number of aromatic carboxylic acids is 1. The molecule has 0 fully saturated rings. The predicted octanol–water partition coefficient (Wildman–Crippen LogP) is 2.54. The Kier molecular flexibility index (Phi) is 5.61. The molecule has 25 heavy (non-hydrogen) atoms. The topological polar surface area (TPSA) is 86.4 Å². The predicted molar refractivity (Wildman–Crippen MR) is 90.1 cm³/mol. The van der Waals surface area contributed by atoms with Crippen molar-refractivity contribution in [2.75, 3.05) is 0 Å². The van der Waals surface area contributed by atoms with Crippen LogP contribution in [0.4, 0.5) is 4.39 Å². The number of aromatic nitrogens is 3. The van der Waals surface area contributed by atoms with E-state index in [9.17, 15) is 19.1 Å². The summed E-state index contributed by atoms with van der Waals surface area (Å²) >= 11 is 0. The van der Waals surface area contributed by atoms with Crippen molar-refractivity contribution in [2.24, 2.45) is 7.05 Å². The van der Waals surface area contributed by atoms with Crippen LogP contribution in [-0.4, -0.2) is 31.5 Å². The number of nitrogens with zero attached hydrogens (tertiary/aromatic N) is 3. The highest BCUT2D eigenvalue weighted by Gasteiger charge is 2.21. The molecule has 1 heterocycles. The quantitative estimate of drug-likeness (QED) is 0.828. The molecule has 1 aromatic carbocycles. The van der Waals surface area contributed by atoms with Crippen LogP contribution in [-0.2, 0) is 13.5 Å². The minimum absolute atomic E-state index is 0.0143. The fourth-order valence-electron chi connectivity index (χ4n) is 2.59. The summed E-state index contributed by atoms with van der Waals surface area (Å²) in [5.41, 5.74) is -0.931. The van der Waals surface area contributed by atoms with Gasteiger partial charge in [-0.05, 0) is 19.4 Å². The maximum absolute atomic E-state index is 14.5. The molecule has 136 valence electrons. The number of carboxylic acid groups (broad SMARTS) is 1. The Balaban J connectivity index is 2.60. The van der Waals surface area contributed by atoms with Gasteiger partial charge < -0.3 is 9.84 Å². The van der Waals surface area contributed by atoms with Gasteiger partial charge in [-0.15, -0.1) is 5.10 Å². The highest BCUT2D eigenvalue weighted by Crippen LogP contribution is 2.26. The van der Waals surface area contributed by atoms with Gasteiger partial charge in [0.25, 0.3) is 0 Å². The molecule has 0 saturated heterocycles. The zero-order chi connectivity index (χ0) is 18.7. The number of carbonyl (C=O) groups is 1. The minimum Gasteiger partial charge on any atom is -0.490 e. The molecule has 0 radical (unpaired) electrons. The van der Waals surface area contributed by atoms with Gasteiger partial charge in [0, 0.05) is 19.5 Å². The van der Waals surface area contributed by atoms with E-state index in [0.29, 0.717) is 12.2 Å². The first kappa shape index (κ1) is 18.7. The monoisotopic (exact) mass is 351 g/mol. The summed E-state index contributed by atoms with van der Waals surface area (Å²) in [6.45, 7) is 5.62. The molecule has 1 N–H and O–H groups in total. The molecule has 0 aliphatic heterocycles. The molecule has 2 aromatic rings. The highest BCUT2D eigenvalue weighted by atomic mass is 19.1. The number of ether oxygens (including phenoxy) is 1. The second-order valence-corrected chi connectivity index (χ2v) is 5.85. The van der Waals surface area contributed by atoms with Gasteiger partial charge in [0.15, 0.2) is 0 Å². The summed E-state index contributed by atoms with van der Waals surface area (Å²) in [5.74, 6) is -1.64. The van der Waals surface area contributed by atoms with Crippen LogP contribution in [0.3, 0.4) is 0 Å². The molecular weight excluding hydrogens is 329 g/mol. The second-order valence-electron chi connectivity index (χ2n) is 5.85. The van der Waals surface area contributed by atoms with E-state index in [4.69, 9.17) is 4.74 Å². The normalized spacial score (nSPS) is 12.2. The van der Waals surface area contributed by atoms with Crippen LogP contribution >= 0.6 is 0 Å². The first-order valence-electron chi connectivity index (χ1n) is 8.18. The van der Waals surface area contributed by atoms with Crippen LogP contribution in [0.2, 0.25) is 0 Å². The van der Waals surface area contributed by atoms with Crippen LogP contribution in [0.25, 0.3) is 5.69 Å². The maximum Gasteiger partial charge on any atom is 0.350 e. The molecule has 0 amide bonds. The molecule has 1 atom stereocenters. The standard InChI is InChI=1S/C17H22FN3O4/c1-5-7-10(3)25-14-9-13(12(18)8-11(14)16(22)23)21-17(24)20(4)15(6-2)19-21/h8-10H,5-7H2,1-4H3,(H,22,23)/t10-/m0/s1. The second kappa shape index (κ2) is 7.50. The van der Waals surface area contributed by atoms with Crippen molar-refractivity contribution in [3.8, 4) is 11.4 Å². The van der Waals surface area contributed by atoms with Crippen molar-refractivity contribution in [2.45, 2.75) is 46.1 Å². The first-order chi connectivity index (χ1) is 11.8. The summed E-state index contributed by atoms with van der Waals surface area (Å²) < 4.78 is 22.4. The first-order valence-corrected chi connectivity index (χ1v) is 8.18. The van der Waals surface area contributed by atoms with Crippen molar-refractivity contribution in [3.05, 3.63) is 39.8 Å². The Morgan fingerprint density at radius 3 is 2.60 bits per heavy atom. The summed E-state index contributed by atoms with van der Waals surface area (Å²) in [4.78, 5) is 23.7. The van der Waals surface area contributed by atoms with E-state index >= 15 is 0 Å². The summed E-state index contributed by atoms with van der Waals surface area (Å²) in [6.07, 6.45) is 1.84. The van der Waals surface area contributed by atoms with Gasteiger partial charge in [-0.2, -0.15) is 4.68 Å². The maximum atomic E-state index is 14.5. The van der Waals surface area contributed by atoms with Crippen molar-refractivity contribution < 1.29 is 19.0 Å². The number of carboxylic acids is 1. The Morgan fingerprint density at radius 2 is 2.08 bits per heavy atom. The van der Waals surface area contributed by atoms with Crippen molar-refractivity contribution >= 4 is 5.97 Å². The van der Waals surface area contributed by atoms with E-state index in [0.717, 1.165) is 23.6 Å². The van der Waals surface area contributed by atoms with Gasteiger partial charge >= 0.3 is 11.7 Å². The number of rotatable bonds is 7. The number of aryl methyl sites for hydroxylation is 1. The van der Waals surface area contributed by atoms with Crippen LogP contribution in [0.15, 0.2) is 16.9 Å². The van der Waals surface area contributed by atoms with Gasteiger partial charge in [-0.1, -0.05) is 20.3 Å². The van der Waals surface area contributed by atoms with Crippen molar-refractivity contribution in [1.29, 1.82) is 0 Å². The van der Waals surface area contributed by atoms with Gasteiger partial charge in [-0.3, -0.25) is 4.57 Å². The van der Waals surface area contributed by atoms with Crippen LogP contribution in [0.1, 0.15) is 49.8 Å². The average molecular weight is 351 g/mol. The van der Waals surface area contributed by atoms with Crippen molar-refractivity contribution in [3.63, 3.8) is 0 Å². The highest BCUT2D eigenvalue weighted by molar-refractivity contribution is 5.91. The fourth-order valence-corrected chi connectivity index (χ4v) is 2.59. The Hall–Kier alpha value is -2.64. The smallest absolute Gasteiger partial charge is 0.350 e. The molecule has 7 nitrogen and oxygen atoms in total. The molecular formula is C17H22FN3O4. The average Bonchev–Trinajstić information content (AvgIpc) is 2.84. The lowest BCUT2D eigenvalue weighted by atomic mass is 10.1. The number of hydrogen-bond donors (Lipinski definition) is 1. The Labute approximate surface area is 144 Å². The lowest BCUT2D eigenvalue weighted by Crippen LogP contribution is -2.23. The molecule has 0 aliphatic carbocycles. The lowest BCUT2D eigenvalue weighted by molar-refractivity contribution is 0.0689. The van der Waals surface area contributed by atoms with E-state index in [1.165, 1.54) is 10.6 Å². The SMILES string of the molecule is CCC[C@H](C)Oc1cc(-n2nc(CC)n(C)c2=O)c(F)cc1C(=O)O. The summed E-state index contributed by atoms with van der Waals surface area (Å²) in [7, 11) is 1.55. The molecule has 8 heteroatoms. The number of halogens is 1. The van der Waals surface area contributed by atoms with Gasteiger partial charge in [0.05, 0.1) is 6.10 Å². The number of hydrogen-bond acceptors (Lipinski definition) is 4. The molecule has 0 aliphatic rings. The third kappa shape index (κ3) is 3.72. The van der Waals surface area contributed by atoms with Gasteiger partial charge in [0.2, 0.25) is 0 Å².